The van der Waals surface area contributed by atoms with Gasteiger partial charge in [-0.25, -0.2) is 0 Å². The maximum atomic E-state index is 12.9. The summed E-state index contributed by atoms with van der Waals surface area (Å²) in [6.45, 7) is 0. The second kappa shape index (κ2) is 4.05. The van der Waals surface area contributed by atoms with Crippen molar-refractivity contribution in [3.63, 3.8) is 0 Å². The quantitative estimate of drug-likeness (QED) is 0.795. The Bertz CT molecular complexity index is 477. The summed E-state index contributed by atoms with van der Waals surface area (Å²) < 4.78 is 39.5. The molecule has 1 aliphatic rings. The van der Waals surface area contributed by atoms with Crippen LogP contribution in [0.25, 0.3) is 0 Å². The summed E-state index contributed by atoms with van der Waals surface area (Å²) in [5.41, 5.74) is 5.95. The molecule has 4 nitrogen and oxygen atoms in total. The second-order valence-electron chi connectivity index (χ2n) is 4.08. The van der Waals surface area contributed by atoms with Gasteiger partial charge in [0.25, 0.3) is 0 Å². The van der Waals surface area contributed by atoms with Crippen LogP contribution in [-0.2, 0) is 6.42 Å². The standard InChI is InChI=1S/C10H9B2F2NO3/c1-16-6-2-5(4-9(11,12)15)3-7-8(6)18-10(13,14)17-7/h2-3H,4,15H2,1H3. The predicted molar refractivity (Wildman–Crippen MR) is 61.3 cm³/mol. The molecule has 0 fully saturated rings. The zero-order valence-corrected chi connectivity index (χ0v) is 9.57. The van der Waals surface area contributed by atoms with Crippen molar-refractivity contribution in [2.75, 3.05) is 7.11 Å². The van der Waals surface area contributed by atoms with Crippen LogP contribution in [0.1, 0.15) is 5.56 Å². The molecule has 92 valence electrons. The smallest absolute Gasteiger partial charge is 0.493 e. The van der Waals surface area contributed by atoms with E-state index in [1.807, 2.05) is 0 Å². The van der Waals surface area contributed by atoms with E-state index in [0.717, 1.165) is 0 Å². The van der Waals surface area contributed by atoms with E-state index in [1.165, 1.54) is 19.2 Å². The van der Waals surface area contributed by atoms with E-state index >= 15 is 0 Å². The van der Waals surface area contributed by atoms with E-state index < -0.39 is 11.6 Å². The lowest BCUT2D eigenvalue weighted by atomic mass is 9.60. The molecule has 4 radical (unpaired) electrons. The zero-order chi connectivity index (χ0) is 13.6. The molecular weight excluding hydrogens is 242 g/mol. The maximum Gasteiger partial charge on any atom is 0.586 e. The number of hydrogen-bond donors (Lipinski definition) is 1. The third-order valence-corrected chi connectivity index (χ3v) is 2.26. The summed E-state index contributed by atoms with van der Waals surface area (Å²) in [6, 6.07) is 2.80. The highest BCUT2D eigenvalue weighted by Crippen LogP contribution is 2.47. The van der Waals surface area contributed by atoms with Gasteiger partial charge in [0.1, 0.15) is 0 Å². The average molecular weight is 251 g/mol. The van der Waals surface area contributed by atoms with Crippen LogP contribution in [0.3, 0.4) is 0 Å². The highest BCUT2D eigenvalue weighted by atomic mass is 19.3. The topological polar surface area (TPSA) is 53.7 Å². The summed E-state index contributed by atoms with van der Waals surface area (Å²) in [4.78, 5) is 0. The van der Waals surface area contributed by atoms with Crippen molar-refractivity contribution in [1.82, 2.24) is 0 Å². The molecule has 18 heavy (non-hydrogen) atoms. The molecule has 0 bridgehead atoms. The van der Waals surface area contributed by atoms with Gasteiger partial charge in [-0.15, -0.1) is 8.78 Å². The molecule has 0 aromatic heterocycles. The normalized spacial score (nSPS) is 16.7. The number of alkyl halides is 2. The maximum absolute atomic E-state index is 12.9. The van der Waals surface area contributed by atoms with Gasteiger partial charge in [-0.2, -0.15) is 0 Å². The number of hydrogen-bond acceptors (Lipinski definition) is 4. The first-order valence-corrected chi connectivity index (χ1v) is 5.03. The van der Waals surface area contributed by atoms with Crippen LogP contribution in [-0.4, -0.2) is 34.4 Å². The van der Waals surface area contributed by atoms with Crippen molar-refractivity contribution in [1.29, 1.82) is 0 Å². The van der Waals surface area contributed by atoms with Gasteiger partial charge in [0, 0.05) is 0 Å². The first kappa shape index (κ1) is 13.0. The Balaban J connectivity index is 2.38. The molecule has 1 aromatic rings. The van der Waals surface area contributed by atoms with E-state index in [4.69, 9.17) is 26.2 Å². The molecule has 1 aromatic carbocycles. The van der Waals surface area contributed by atoms with Gasteiger partial charge in [0.15, 0.2) is 11.5 Å². The molecule has 0 aliphatic carbocycles. The van der Waals surface area contributed by atoms with Gasteiger partial charge < -0.3 is 19.9 Å². The van der Waals surface area contributed by atoms with Crippen LogP contribution in [0.15, 0.2) is 12.1 Å². The lowest BCUT2D eigenvalue weighted by Crippen LogP contribution is -2.43. The van der Waals surface area contributed by atoms with Crippen LogP contribution in [0.4, 0.5) is 8.78 Å². The Morgan fingerprint density at radius 1 is 1.39 bits per heavy atom. The summed E-state index contributed by atoms with van der Waals surface area (Å²) in [5.74, 6) is -0.203. The third-order valence-electron chi connectivity index (χ3n) is 2.26. The summed E-state index contributed by atoms with van der Waals surface area (Å²) in [5, 5.41) is -1.46. The Hall–Kier alpha value is -1.43. The second-order valence-corrected chi connectivity index (χ2v) is 4.08. The molecule has 0 atom stereocenters. The summed E-state index contributed by atoms with van der Waals surface area (Å²) in [6.07, 6.45) is -3.65. The number of benzene rings is 1. The number of nitrogens with two attached hydrogens (primary N) is 1. The number of rotatable bonds is 3. The lowest BCUT2D eigenvalue weighted by molar-refractivity contribution is -0.287. The largest absolute Gasteiger partial charge is 0.586 e. The highest BCUT2D eigenvalue weighted by molar-refractivity contribution is 6.39. The van der Waals surface area contributed by atoms with Gasteiger partial charge in [0.05, 0.1) is 22.8 Å². The van der Waals surface area contributed by atoms with Crippen molar-refractivity contribution >= 4 is 15.7 Å². The van der Waals surface area contributed by atoms with E-state index in [9.17, 15) is 8.78 Å². The van der Waals surface area contributed by atoms with Crippen LogP contribution in [0.5, 0.6) is 17.2 Å². The molecule has 2 N–H and O–H groups in total. The fourth-order valence-corrected chi connectivity index (χ4v) is 1.68. The van der Waals surface area contributed by atoms with Gasteiger partial charge in [-0.05, 0) is 24.1 Å². The lowest BCUT2D eigenvalue weighted by Gasteiger charge is -2.20. The Labute approximate surface area is 105 Å². The molecule has 1 aliphatic heterocycles. The number of fused-ring (bicyclic) bond motifs is 1. The van der Waals surface area contributed by atoms with Gasteiger partial charge in [-0.1, -0.05) is 5.34 Å². The van der Waals surface area contributed by atoms with Crippen LogP contribution < -0.4 is 19.9 Å². The molecule has 0 saturated carbocycles. The van der Waals surface area contributed by atoms with E-state index in [-0.39, 0.29) is 23.7 Å². The van der Waals surface area contributed by atoms with E-state index in [1.54, 1.807) is 0 Å². The molecule has 0 spiro atoms. The van der Waals surface area contributed by atoms with Crippen molar-refractivity contribution in [3.8, 4) is 17.2 Å². The van der Waals surface area contributed by atoms with E-state index in [2.05, 4.69) is 9.47 Å². The van der Waals surface area contributed by atoms with Crippen molar-refractivity contribution in [2.45, 2.75) is 18.1 Å². The summed E-state index contributed by atoms with van der Waals surface area (Å²) >= 11 is 0. The van der Waals surface area contributed by atoms with Crippen molar-refractivity contribution in [3.05, 3.63) is 17.7 Å². The fourth-order valence-electron chi connectivity index (χ4n) is 1.68. The highest BCUT2D eigenvalue weighted by Gasteiger charge is 2.45. The molecule has 8 heteroatoms. The fraction of sp³-hybridized carbons (Fsp3) is 0.400. The minimum Gasteiger partial charge on any atom is -0.493 e. The third kappa shape index (κ3) is 2.69. The average Bonchev–Trinajstić information content (AvgIpc) is 2.48. The van der Waals surface area contributed by atoms with E-state index in [0.29, 0.717) is 5.56 Å². The molecule has 0 saturated heterocycles. The number of methoxy groups -OCH3 is 1. The van der Waals surface area contributed by atoms with Crippen molar-refractivity contribution in [2.24, 2.45) is 5.73 Å². The monoisotopic (exact) mass is 251 g/mol. The van der Waals surface area contributed by atoms with Crippen molar-refractivity contribution < 1.29 is 23.0 Å². The molecule has 1 heterocycles. The number of ether oxygens (including phenoxy) is 3. The van der Waals surface area contributed by atoms with Gasteiger partial charge in [-0.3, -0.25) is 0 Å². The summed E-state index contributed by atoms with van der Waals surface area (Å²) in [7, 11) is 12.2. The molecule has 2 rings (SSSR count). The molecule has 0 unspecified atom stereocenters. The zero-order valence-electron chi connectivity index (χ0n) is 9.57. The predicted octanol–water partition coefficient (Wildman–Crippen LogP) is 0.509. The molecule has 0 amide bonds. The van der Waals surface area contributed by atoms with Crippen LogP contribution in [0.2, 0.25) is 0 Å². The van der Waals surface area contributed by atoms with Gasteiger partial charge >= 0.3 is 6.29 Å². The first-order valence-electron chi connectivity index (χ1n) is 5.03. The number of halogens is 2. The SMILES string of the molecule is [B]C([B])(N)Cc1cc(OC)c2c(c1)OC(F)(F)O2. The van der Waals surface area contributed by atoms with Crippen LogP contribution in [0, 0.1) is 0 Å². The van der Waals surface area contributed by atoms with Gasteiger partial charge in [0.2, 0.25) is 5.75 Å². The first-order chi connectivity index (χ1) is 8.20. The Morgan fingerprint density at radius 2 is 2.06 bits per heavy atom. The minimum absolute atomic E-state index is 0.0611. The Kier molecular flexibility index (Phi) is 2.93. The molecular formula is C10H9B2F2NO3. The minimum atomic E-state index is -3.71. The Morgan fingerprint density at radius 3 is 2.61 bits per heavy atom. The van der Waals surface area contributed by atoms with Crippen LogP contribution >= 0.6 is 0 Å².